The fraction of sp³-hybridized carbons (Fsp3) is 0.400. The van der Waals surface area contributed by atoms with Crippen LogP contribution in [0.15, 0.2) is 32.1 Å². The van der Waals surface area contributed by atoms with Gasteiger partial charge in [-0.3, -0.25) is 0 Å². The van der Waals surface area contributed by atoms with E-state index in [2.05, 4.69) is 26.5 Å². The van der Waals surface area contributed by atoms with Crippen LogP contribution in [-0.2, 0) is 0 Å². The molecule has 0 fully saturated rings. The summed E-state index contributed by atoms with van der Waals surface area (Å²) in [5, 5.41) is 10.1. The number of aliphatic hydroxyl groups is 1. The van der Waals surface area contributed by atoms with E-state index in [1.165, 1.54) is 12.7 Å². The van der Waals surface area contributed by atoms with Gasteiger partial charge in [-0.1, -0.05) is 5.57 Å². The highest BCUT2D eigenvalue weighted by molar-refractivity contribution is 6.48. The minimum absolute atomic E-state index is 0.244. The van der Waals surface area contributed by atoms with Crippen LogP contribution in [0, 0.1) is 0 Å². The number of aliphatic hydroxyl groups excluding tert-OH is 1. The second-order valence-corrected chi connectivity index (χ2v) is 3.88. The molecule has 2 atom stereocenters. The van der Waals surface area contributed by atoms with Crippen molar-refractivity contribution in [3.63, 3.8) is 0 Å². The van der Waals surface area contributed by atoms with E-state index in [9.17, 15) is 5.11 Å². The van der Waals surface area contributed by atoms with Gasteiger partial charge in [-0.2, -0.15) is 0 Å². The van der Waals surface area contributed by atoms with Crippen LogP contribution >= 0.6 is 0 Å². The standard InChI is InChI=1S/C10H13N5O/c1-6(2)3-7(16)10-8(12-4-14-10)9(11)13-5-15-10/h4-5,7,16H,1,3H2,2H3,(H2,11,13,15). The number of nitrogens with zero attached hydrogens (tertiary/aromatic N) is 4. The lowest BCUT2D eigenvalue weighted by Crippen LogP contribution is -2.51. The second kappa shape index (κ2) is 3.64. The van der Waals surface area contributed by atoms with Crippen molar-refractivity contribution in [1.29, 1.82) is 0 Å². The molecule has 2 aliphatic rings. The molecule has 84 valence electrons. The van der Waals surface area contributed by atoms with E-state index in [0.717, 1.165) is 5.57 Å². The second-order valence-electron chi connectivity index (χ2n) is 3.88. The van der Waals surface area contributed by atoms with E-state index in [0.29, 0.717) is 12.1 Å². The summed E-state index contributed by atoms with van der Waals surface area (Å²) in [7, 11) is 0. The number of hydrogen-bond acceptors (Lipinski definition) is 6. The number of amidine groups is 1. The topological polar surface area (TPSA) is 95.7 Å². The molecule has 2 heterocycles. The fourth-order valence-corrected chi connectivity index (χ4v) is 1.72. The molecular weight excluding hydrogens is 206 g/mol. The van der Waals surface area contributed by atoms with Crippen molar-refractivity contribution in [1.82, 2.24) is 0 Å². The van der Waals surface area contributed by atoms with Crippen LogP contribution in [0.4, 0.5) is 0 Å². The van der Waals surface area contributed by atoms with Gasteiger partial charge in [-0.15, -0.1) is 6.58 Å². The summed E-state index contributed by atoms with van der Waals surface area (Å²) in [4.78, 5) is 16.1. The SMILES string of the molecule is C=C(C)CC(O)C12N=CN=C(N)C1=NC=N2. The van der Waals surface area contributed by atoms with Crippen molar-refractivity contribution in [2.75, 3.05) is 0 Å². The minimum atomic E-state index is -1.12. The number of rotatable bonds is 3. The molecule has 0 aromatic heterocycles. The lowest BCUT2D eigenvalue weighted by Gasteiger charge is -2.30. The first kappa shape index (κ1) is 10.7. The zero-order chi connectivity index (χ0) is 11.8. The average Bonchev–Trinajstić information content (AvgIpc) is 2.63. The Hall–Kier alpha value is -1.82. The van der Waals surface area contributed by atoms with Crippen molar-refractivity contribution in [3.05, 3.63) is 12.2 Å². The van der Waals surface area contributed by atoms with Crippen LogP contribution in [0.1, 0.15) is 13.3 Å². The Morgan fingerprint density at radius 2 is 2.12 bits per heavy atom. The highest BCUT2D eigenvalue weighted by Gasteiger charge is 2.47. The van der Waals surface area contributed by atoms with Crippen LogP contribution in [0.3, 0.4) is 0 Å². The summed E-state index contributed by atoms with van der Waals surface area (Å²) in [5.74, 6) is 0.244. The van der Waals surface area contributed by atoms with Gasteiger partial charge in [0.2, 0.25) is 5.66 Å². The van der Waals surface area contributed by atoms with Crippen LogP contribution in [0.5, 0.6) is 0 Å². The monoisotopic (exact) mass is 219 g/mol. The van der Waals surface area contributed by atoms with Gasteiger partial charge in [0.25, 0.3) is 0 Å². The number of hydrogen-bond donors (Lipinski definition) is 2. The zero-order valence-corrected chi connectivity index (χ0v) is 8.96. The van der Waals surface area contributed by atoms with E-state index in [1.807, 2.05) is 6.92 Å². The quantitative estimate of drug-likeness (QED) is 0.648. The van der Waals surface area contributed by atoms with Crippen LogP contribution in [0.2, 0.25) is 0 Å². The molecule has 0 spiro atoms. The van der Waals surface area contributed by atoms with E-state index in [-0.39, 0.29) is 5.84 Å². The molecule has 3 N–H and O–H groups in total. The Bertz CT molecular complexity index is 448. The Morgan fingerprint density at radius 3 is 2.75 bits per heavy atom. The normalized spacial score (nSPS) is 28.4. The van der Waals surface area contributed by atoms with E-state index in [1.54, 1.807) is 0 Å². The van der Waals surface area contributed by atoms with Gasteiger partial charge in [0.05, 0.1) is 0 Å². The summed E-state index contributed by atoms with van der Waals surface area (Å²) < 4.78 is 0. The molecule has 2 rings (SSSR count). The van der Waals surface area contributed by atoms with Crippen molar-refractivity contribution >= 4 is 24.2 Å². The molecular formula is C10H13N5O. The number of nitrogens with two attached hydrogens (primary N) is 1. The molecule has 0 radical (unpaired) electrons. The Labute approximate surface area is 93.0 Å². The van der Waals surface area contributed by atoms with Crippen molar-refractivity contribution in [3.8, 4) is 0 Å². The molecule has 0 aromatic carbocycles. The van der Waals surface area contributed by atoms with Gasteiger partial charge in [0.1, 0.15) is 24.5 Å². The lowest BCUT2D eigenvalue weighted by molar-refractivity contribution is 0.126. The first-order chi connectivity index (χ1) is 7.56. The number of fused-ring (bicyclic) bond motifs is 1. The minimum Gasteiger partial charge on any atom is -0.388 e. The van der Waals surface area contributed by atoms with Gasteiger partial charge in [-0.25, -0.2) is 20.0 Å². The summed E-state index contributed by atoms with van der Waals surface area (Å²) in [6.45, 7) is 5.59. The third kappa shape index (κ3) is 1.47. The van der Waals surface area contributed by atoms with Crippen molar-refractivity contribution in [2.45, 2.75) is 25.1 Å². The molecule has 0 saturated heterocycles. The number of aliphatic imine (C=N–C) groups is 4. The Balaban J connectivity index is 2.35. The van der Waals surface area contributed by atoms with Crippen molar-refractivity contribution in [2.24, 2.45) is 25.7 Å². The zero-order valence-electron chi connectivity index (χ0n) is 8.96. The highest BCUT2D eigenvalue weighted by Crippen LogP contribution is 2.29. The first-order valence-corrected chi connectivity index (χ1v) is 4.88. The van der Waals surface area contributed by atoms with Crippen LogP contribution < -0.4 is 5.73 Å². The average molecular weight is 219 g/mol. The molecule has 0 aromatic rings. The smallest absolute Gasteiger partial charge is 0.225 e. The Morgan fingerprint density at radius 1 is 1.50 bits per heavy atom. The van der Waals surface area contributed by atoms with Gasteiger partial charge in [0.15, 0.2) is 5.84 Å². The maximum Gasteiger partial charge on any atom is 0.225 e. The highest BCUT2D eigenvalue weighted by atomic mass is 16.3. The van der Waals surface area contributed by atoms with Crippen molar-refractivity contribution < 1.29 is 5.11 Å². The van der Waals surface area contributed by atoms with Crippen LogP contribution in [-0.4, -0.2) is 41.1 Å². The van der Waals surface area contributed by atoms with Gasteiger partial charge in [0, 0.05) is 0 Å². The Kier molecular flexibility index (Phi) is 2.43. The molecule has 0 amide bonds. The summed E-state index contributed by atoms with van der Waals surface area (Å²) in [6, 6.07) is 0. The maximum absolute atomic E-state index is 10.1. The molecule has 0 aliphatic carbocycles. The predicted octanol–water partition coefficient (Wildman–Crippen LogP) is -0.108. The third-order valence-electron chi connectivity index (χ3n) is 2.49. The molecule has 6 nitrogen and oxygen atoms in total. The maximum atomic E-state index is 10.1. The van der Waals surface area contributed by atoms with Gasteiger partial charge >= 0.3 is 0 Å². The predicted molar refractivity (Wildman–Crippen MR) is 64.2 cm³/mol. The summed E-state index contributed by atoms with van der Waals surface area (Å²) >= 11 is 0. The first-order valence-electron chi connectivity index (χ1n) is 4.88. The summed E-state index contributed by atoms with van der Waals surface area (Å²) in [6.07, 6.45) is 2.22. The molecule has 2 unspecified atom stereocenters. The lowest BCUT2D eigenvalue weighted by atomic mass is 9.92. The third-order valence-corrected chi connectivity index (χ3v) is 2.49. The van der Waals surface area contributed by atoms with Gasteiger partial charge in [-0.05, 0) is 13.3 Å². The van der Waals surface area contributed by atoms with E-state index < -0.39 is 11.8 Å². The molecule has 6 heteroatoms. The summed E-state index contributed by atoms with van der Waals surface area (Å²) in [5.41, 5.74) is 5.82. The van der Waals surface area contributed by atoms with E-state index >= 15 is 0 Å². The largest absolute Gasteiger partial charge is 0.388 e. The molecule has 0 bridgehead atoms. The molecule has 2 aliphatic heterocycles. The molecule has 0 saturated carbocycles. The van der Waals surface area contributed by atoms with E-state index in [4.69, 9.17) is 5.73 Å². The van der Waals surface area contributed by atoms with Gasteiger partial charge < -0.3 is 10.8 Å². The molecule has 16 heavy (non-hydrogen) atoms. The van der Waals surface area contributed by atoms with Crippen LogP contribution in [0.25, 0.3) is 0 Å². The fourth-order valence-electron chi connectivity index (χ4n) is 1.72.